The summed E-state index contributed by atoms with van der Waals surface area (Å²) in [7, 11) is 0. The lowest BCUT2D eigenvalue weighted by molar-refractivity contribution is -0.134. The van der Waals surface area contributed by atoms with Crippen LogP contribution in [-0.2, 0) is 4.79 Å². The highest BCUT2D eigenvalue weighted by atomic mass is 16.3. The summed E-state index contributed by atoms with van der Waals surface area (Å²) >= 11 is 0. The lowest BCUT2D eigenvalue weighted by atomic mass is 10.0. The molecule has 1 saturated heterocycles. The number of piperazine rings is 1. The van der Waals surface area contributed by atoms with Crippen LogP contribution in [0.15, 0.2) is 0 Å². The van der Waals surface area contributed by atoms with Gasteiger partial charge in [-0.2, -0.15) is 0 Å². The van der Waals surface area contributed by atoms with Gasteiger partial charge >= 0.3 is 0 Å². The molecule has 0 saturated carbocycles. The Balaban J connectivity index is 2.33. The van der Waals surface area contributed by atoms with E-state index in [4.69, 9.17) is 0 Å². The van der Waals surface area contributed by atoms with Crippen molar-refractivity contribution in [3.05, 3.63) is 0 Å². The Bertz CT molecular complexity index is 189. The molecule has 1 aliphatic heterocycles. The molecule has 2 N–H and O–H groups in total. The van der Waals surface area contributed by atoms with Crippen molar-refractivity contribution in [1.82, 2.24) is 10.2 Å². The molecule has 1 unspecified atom stereocenters. The fourth-order valence-electron chi connectivity index (χ4n) is 1.46. The summed E-state index contributed by atoms with van der Waals surface area (Å²) in [5.41, 5.74) is 0. The Morgan fingerprint density at radius 1 is 1.43 bits per heavy atom. The highest BCUT2D eigenvalue weighted by molar-refractivity contribution is 5.76. The summed E-state index contributed by atoms with van der Waals surface area (Å²) in [6, 6.07) is 0. The van der Waals surface area contributed by atoms with Gasteiger partial charge in [0.15, 0.2) is 0 Å². The summed E-state index contributed by atoms with van der Waals surface area (Å²) < 4.78 is 0. The molecule has 1 aliphatic rings. The summed E-state index contributed by atoms with van der Waals surface area (Å²) in [4.78, 5) is 13.5. The molecule has 4 nitrogen and oxygen atoms in total. The molecule has 0 aromatic heterocycles. The second kappa shape index (κ2) is 5.32. The third-order valence-corrected chi connectivity index (χ3v) is 2.62. The van der Waals surface area contributed by atoms with Gasteiger partial charge in [0.1, 0.15) is 0 Å². The maximum absolute atomic E-state index is 11.7. The van der Waals surface area contributed by atoms with E-state index in [0.717, 1.165) is 26.2 Å². The van der Waals surface area contributed by atoms with Crippen LogP contribution >= 0.6 is 0 Å². The average Bonchev–Trinajstić information content (AvgIpc) is 2.19. The van der Waals surface area contributed by atoms with Crippen LogP contribution in [0.3, 0.4) is 0 Å². The van der Waals surface area contributed by atoms with E-state index in [0.29, 0.717) is 0 Å². The standard InChI is InChI=1S/C10H20N2O2/c1-8(2)9(13)7-10(14)12-5-3-11-4-6-12/h8-9,11,13H,3-7H2,1-2H3. The minimum atomic E-state index is -0.502. The number of rotatable bonds is 3. The summed E-state index contributed by atoms with van der Waals surface area (Å²) in [6.45, 7) is 7.12. The fourth-order valence-corrected chi connectivity index (χ4v) is 1.46. The first kappa shape index (κ1) is 11.5. The largest absolute Gasteiger partial charge is 0.392 e. The molecule has 0 aliphatic carbocycles. The van der Waals surface area contributed by atoms with Crippen LogP contribution in [0.2, 0.25) is 0 Å². The summed E-state index contributed by atoms with van der Waals surface area (Å²) in [6.07, 6.45) is -0.241. The zero-order valence-corrected chi connectivity index (χ0v) is 8.99. The van der Waals surface area contributed by atoms with Crippen molar-refractivity contribution in [2.75, 3.05) is 26.2 Å². The average molecular weight is 200 g/mol. The minimum absolute atomic E-state index is 0.0766. The normalized spacial score (nSPS) is 19.9. The Labute approximate surface area is 85.3 Å². The zero-order valence-electron chi connectivity index (χ0n) is 8.99. The molecule has 4 heteroatoms. The highest BCUT2D eigenvalue weighted by Gasteiger charge is 2.20. The van der Waals surface area contributed by atoms with Gasteiger partial charge in [0, 0.05) is 26.2 Å². The van der Waals surface area contributed by atoms with E-state index < -0.39 is 6.10 Å². The third kappa shape index (κ3) is 3.27. The summed E-state index contributed by atoms with van der Waals surface area (Å²) in [5, 5.41) is 12.8. The van der Waals surface area contributed by atoms with E-state index in [1.165, 1.54) is 0 Å². The maximum atomic E-state index is 11.7. The summed E-state index contributed by atoms with van der Waals surface area (Å²) in [5.74, 6) is 0.231. The molecule has 1 heterocycles. The van der Waals surface area contributed by atoms with Crippen molar-refractivity contribution in [2.45, 2.75) is 26.4 Å². The molecule has 1 amide bonds. The SMILES string of the molecule is CC(C)C(O)CC(=O)N1CCNCC1. The van der Waals surface area contributed by atoms with Crippen LogP contribution in [0.1, 0.15) is 20.3 Å². The van der Waals surface area contributed by atoms with Crippen molar-refractivity contribution in [1.29, 1.82) is 0 Å². The number of nitrogens with zero attached hydrogens (tertiary/aromatic N) is 1. The first-order valence-electron chi connectivity index (χ1n) is 5.28. The van der Waals surface area contributed by atoms with Crippen LogP contribution in [0.5, 0.6) is 0 Å². The molecule has 1 rings (SSSR count). The molecular weight excluding hydrogens is 180 g/mol. The van der Waals surface area contributed by atoms with Crippen LogP contribution in [-0.4, -0.2) is 48.2 Å². The Hall–Kier alpha value is -0.610. The molecular formula is C10H20N2O2. The van der Waals surface area contributed by atoms with Gasteiger partial charge in [0.2, 0.25) is 5.91 Å². The molecule has 0 radical (unpaired) electrons. The fraction of sp³-hybridized carbons (Fsp3) is 0.900. The molecule has 0 aromatic carbocycles. The maximum Gasteiger partial charge on any atom is 0.225 e. The number of nitrogens with one attached hydrogen (secondary N) is 1. The molecule has 1 fully saturated rings. The third-order valence-electron chi connectivity index (χ3n) is 2.62. The van der Waals surface area contributed by atoms with Crippen molar-refractivity contribution in [2.24, 2.45) is 5.92 Å². The van der Waals surface area contributed by atoms with Crippen LogP contribution in [0.25, 0.3) is 0 Å². The van der Waals surface area contributed by atoms with Crippen molar-refractivity contribution < 1.29 is 9.90 Å². The van der Waals surface area contributed by atoms with Gasteiger partial charge < -0.3 is 15.3 Å². The second-order valence-corrected chi connectivity index (χ2v) is 4.15. The molecule has 1 atom stereocenters. The number of amides is 1. The number of aliphatic hydroxyl groups excluding tert-OH is 1. The van der Waals surface area contributed by atoms with Gasteiger partial charge in [-0.25, -0.2) is 0 Å². The van der Waals surface area contributed by atoms with Gasteiger partial charge in [-0.05, 0) is 5.92 Å². The van der Waals surface area contributed by atoms with Gasteiger partial charge in [0.05, 0.1) is 12.5 Å². The predicted molar refractivity (Wildman–Crippen MR) is 54.9 cm³/mol. The topological polar surface area (TPSA) is 52.6 Å². The van der Waals surface area contributed by atoms with Gasteiger partial charge in [-0.1, -0.05) is 13.8 Å². The van der Waals surface area contributed by atoms with Crippen molar-refractivity contribution in [3.63, 3.8) is 0 Å². The van der Waals surface area contributed by atoms with Gasteiger partial charge in [0.25, 0.3) is 0 Å². The van der Waals surface area contributed by atoms with Crippen molar-refractivity contribution in [3.8, 4) is 0 Å². The first-order valence-corrected chi connectivity index (χ1v) is 5.28. The number of hydrogen-bond acceptors (Lipinski definition) is 3. The first-order chi connectivity index (χ1) is 6.61. The quantitative estimate of drug-likeness (QED) is 0.665. The lowest BCUT2D eigenvalue weighted by Crippen LogP contribution is -2.47. The van der Waals surface area contributed by atoms with Gasteiger partial charge in [-0.3, -0.25) is 4.79 Å². The minimum Gasteiger partial charge on any atom is -0.392 e. The molecule has 82 valence electrons. The molecule has 0 spiro atoms. The van der Waals surface area contributed by atoms with Crippen molar-refractivity contribution >= 4 is 5.91 Å². The van der Waals surface area contributed by atoms with E-state index >= 15 is 0 Å². The molecule has 0 bridgehead atoms. The Morgan fingerprint density at radius 2 is 2.00 bits per heavy atom. The van der Waals surface area contributed by atoms with E-state index in [-0.39, 0.29) is 18.2 Å². The number of carbonyl (C=O) groups excluding carboxylic acids is 1. The van der Waals surface area contributed by atoms with Crippen LogP contribution in [0, 0.1) is 5.92 Å². The monoisotopic (exact) mass is 200 g/mol. The van der Waals surface area contributed by atoms with E-state index in [1.54, 1.807) is 0 Å². The van der Waals surface area contributed by atoms with Gasteiger partial charge in [-0.15, -0.1) is 0 Å². The molecule has 0 aromatic rings. The Kier molecular flexibility index (Phi) is 4.35. The predicted octanol–water partition coefficient (Wildman–Crippen LogP) is -0.175. The van der Waals surface area contributed by atoms with Crippen LogP contribution < -0.4 is 5.32 Å². The van der Waals surface area contributed by atoms with E-state index in [2.05, 4.69) is 5.32 Å². The smallest absolute Gasteiger partial charge is 0.225 e. The zero-order chi connectivity index (χ0) is 10.6. The molecule has 14 heavy (non-hydrogen) atoms. The lowest BCUT2D eigenvalue weighted by Gasteiger charge is -2.28. The highest BCUT2D eigenvalue weighted by Crippen LogP contribution is 2.08. The number of hydrogen-bond donors (Lipinski definition) is 2. The Morgan fingerprint density at radius 3 is 2.50 bits per heavy atom. The number of carbonyl (C=O) groups is 1. The second-order valence-electron chi connectivity index (χ2n) is 4.15. The van der Waals surface area contributed by atoms with E-state index in [1.807, 2.05) is 18.7 Å². The van der Waals surface area contributed by atoms with E-state index in [9.17, 15) is 9.90 Å². The number of aliphatic hydroxyl groups is 1. The van der Waals surface area contributed by atoms with Crippen LogP contribution in [0.4, 0.5) is 0 Å².